The van der Waals surface area contributed by atoms with E-state index in [1.54, 1.807) is 0 Å². The highest BCUT2D eigenvalue weighted by atomic mass is 16.9. The Kier molecular flexibility index (Phi) is 6.21. The number of hydrogen-bond acceptors (Lipinski definition) is 6. The molecule has 3 heterocycles. The van der Waals surface area contributed by atoms with Gasteiger partial charge < -0.3 is 28.4 Å². The van der Waals surface area contributed by atoms with Crippen LogP contribution in [0.5, 0.6) is 0 Å². The molecule has 0 N–H and O–H groups in total. The third-order valence-corrected chi connectivity index (χ3v) is 7.42. The van der Waals surface area contributed by atoms with Gasteiger partial charge in [0.1, 0.15) is 24.4 Å². The average Bonchev–Trinajstić information content (AvgIpc) is 3.39. The molecule has 166 valence electrons. The molecule has 6 nitrogen and oxygen atoms in total. The van der Waals surface area contributed by atoms with Crippen LogP contribution in [0, 0.1) is 0 Å². The minimum atomic E-state index is -0.457. The van der Waals surface area contributed by atoms with E-state index >= 15 is 0 Å². The minimum Gasteiger partial charge on any atom is -0.372 e. The second kappa shape index (κ2) is 8.71. The fourth-order valence-corrected chi connectivity index (χ4v) is 5.84. The van der Waals surface area contributed by atoms with Crippen molar-refractivity contribution >= 4 is 0 Å². The molecule has 29 heavy (non-hydrogen) atoms. The van der Waals surface area contributed by atoms with Crippen LogP contribution in [0.4, 0.5) is 0 Å². The molecule has 3 aliphatic heterocycles. The van der Waals surface area contributed by atoms with E-state index in [-0.39, 0.29) is 30.7 Å². The first kappa shape index (κ1) is 20.7. The summed E-state index contributed by atoms with van der Waals surface area (Å²) >= 11 is 0. The van der Waals surface area contributed by atoms with E-state index in [1.165, 1.54) is 38.5 Å². The Labute approximate surface area is 174 Å². The van der Waals surface area contributed by atoms with Crippen LogP contribution in [-0.4, -0.2) is 55.5 Å². The highest BCUT2D eigenvalue weighted by Gasteiger charge is 2.61. The van der Waals surface area contributed by atoms with Crippen LogP contribution in [0.1, 0.15) is 90.4 Å². The second-order valence-electron chi connectivity index (χ2n) is 9.62. The monoisotopic (exact) mass is 410 g/mol. The number of hydrogen-bond donors (Lipinski definition) is 0. The van der Waals surface area contributed by atoms with Gasteiger partial charge in [0.05, 0.1) is 6.61 Å². The smallest absolute Gasteiger partial charge is 0.190 e. The minimum absolute atomic E-state index is 0.107. The van der Waals surface area contributed by atoms with Crippen molar-refractivity contribution in [3.05, 3.63) is 0 Å². The summed E-state index contributed by atoms with van der Waals surface area (Å²) in [6, 6.07) is 0. The summed E-state index contributed by atoms with van der Waals surface area (Å²) in [7, 11) is 0. The van der Waals surface area contributed by atoms with Gasteiger partial charge in [0.2, 0.25) is 0 Å². The van der Waals surface area contributed by atoms with Crippen LogP contribution >= 0.6 is 0 Å². The normalized spacial score (nSPS) is 40.7. The van der Waals surface area contributed by atoms with E-state index in [4.69, 9.17) is 28.4 Å². The van der Waals surface area contributed by atoms with Crippen molar-refractivity contribution in [3.8, 4) is 0 Å². The number of rotatable bonds is 6. The van der Waals surface area contributed by atoms with E-state index in [0.29, 0.717) is 6.61 Å². The standard InChI is InChI=1S/C23H38O6/c1-2-3-10-15-24-19-18(17-16-25-22(27-17)11-6-4-7-12-22)26-21-20(19)28-23(29-21)13-8-5-9-14-23/h17-21H,2-16H2,1H3/t17-,18-,19-,20+,21-/m0/s1. The number of fused-ring (bicyclic) bond motifs is 1. The first-order valence-corrected chi connectivity index (χ1v) is 12.2. The summed E-state index contributed by atoms with van der Waals surface area (Å²) in [6.45, 7) is 3.52. The molecule has 0 bridgehead atoms. The maximum absolute atomic E-state index is 6.54. The van der Waals surface area contributed by atoms with E-state index in [2.05, 4.69) is 6.92 Å². The van der Waals surface area contributed by atoms with Gasteiger partial charge in [0, 0.05) is 32.3 Å². The Morgan fingerprint density at radius 3 is 2.24 bits per heavy atom. The summed E-state index contributed by atoms with van der Waals surface area (Å²) in [5, 5.41) is 0. The van der Waals surface area contributed by atoms with Gasteiger partial charge in [0.15, 0.2) is 17.9 Å². The quantitative estimate of drug-likeness (QED) is 0.604. The Bertz CT molecular complexity index is 541. The van der Waals surface area contributed by atoms with Gasteiger partial charge in [-0.25, -0.2) is 0 Å². The van der Waals surface area contributed by atoms with E-state index in [0.717, 1.165) is 51.6 Å². The molecule has 5 aliphatic rings. The molecule has 2 aliphatic carbocycles. The molecule has 0 amide bonds. The largest absolute Gasteiger partial charge is 0.372 e. The zero-order chi connectivity index (χ0) is 19.7. The lowest BCUT2D eigenvalue weighted by atomic mass is 9.94. The van der Waals surface area contributed by atoms with Crippen LogP contribution < -0.4 is 0 Å². The number of ether oxygens (including phenoxy) is 6. The molecule has 3 saturated heterocycles. The number of unbranched alkanes of at least 4 members (excludes halogenated alkanes) is 2. The van der Waals surface area contributed by atoms with Crippen molar-refractivity contribution in [3.63, 3.8) is 0 Å². The van der Waals surface area contributed by atoms with Crippen LogP contribution in [0.15, 0.2) is 0 Å². The highest BCUT2D eigenvalue weighted by molar-refractivity contribution is 5.01. The fourth-order valence-electron chi connectivity index (χ4n) is 5.84. The molecule has 2 saturated carbocycles. The second-order valence-corrected chi connectivity index (χ2v) is 9.62. The van der Waals surface area contributed by atoms with Gasteiger partial charge in [-0.1, -0.05) is 32.6 Å². The van der Waals surface area contributed by atoms with Crippen molar-refractivity contribution in [2.45, 2.75) is 133 Å². The van der Waals surface area contributed by atoms with Gasteiger partial charge >= 0.3 is 0 Å². The molecule has 2 spiro atoms. The Morgan fingerprint density at radius 1 is 0.793 bits per heavy atom. The van der Waals surface area contributed by atoms with Crippen molar-refractivity contribution in [2.24, 2.45) is 0 Å². The maximum Gasteiger partial charge on any atom is 0.190 e. The predicted molar refractivity (Wildman–Crippen MR) is 106 cm³/mol. The van der Waals surface area contributed by atoms with Gasteiger partial charge in [0.25, 0.3) is 0 Å². The van der Waals surface area contributed by atoms with Gasteiger partial charge in [-0.3, -0.25) is 0 Å². The van der Waals surface area contributed by atoms with Crippen LogP contribution in [0.2, 0.25) is 0 Å². The van der Waals surface area contributed by atoms with Crippen molar-refractivity contribution in [2.75, 3.05) is 13.2 Å². The Balaban J connectivity index is 1.27. The zero-order valence-electron chi connectivity index (χ0n) is 17.9. The van der Waals surface area contributed by atoms with Crippen LogP contribution in [0.3, 0.4) is 0 Å². The van der Waals surface area contributed by atoms with E-state index in [1.807, 2.05) is 0 Å². The molecule has 0 radical (unpaired) electrons. The Hall–Kier alpha value is -0.240. The van der Waals surface area contributed by atoms with Gasteiger partial charge in [-0.15, -0.1) is 0 Å². The molecule has 0 aromatic rings. The molecule has 5 fully saturated rings. The Morgan fingerprint density at radius 2 is 1.52 bits per heavy atom. The fraction of sp³-hybridized carbons (Fsp3) is 1.00. The first-order chi connectivity index (χ1) is 14.2. The summed E-state index contributed by atoms with van der Waals surface area (Å²) in [4.78, 5) is 0. The van der Waals surface area contributed by atoms with Crippen molar-refractivity contribution in [1.29, 1.82) is 0 Å². The lowest BCUT2D eigenvalue weighted by Crippen LogP contribution is -2.46. The van der Waals surface area contributed by atoms with Gasteiger partial charge in [-0.2, -0.15) is 0 Å². The van der Waals surface area contributed by atoms with E-state index in [9.17, 15) is 0 Å². The molecule has 5 rings (SSSR count). The predicted octanol–water partition coefficient (Wildman–Crippen LogP) is 4.44. The molecule has 0 unspecified atom stereocenters. The highest BCUT2D eigenvalue weighted by Crippen LogP contribution is 2.48. The third kappa shape index (κ3) is 4.13. The molecule has 6 heteroatoms. The van der Waals surface area contributed by atoms with E-state index < -0.39 is 11.6 Å². The zero-order valence-corrected chi connectivity index (χ0v) is 17.9. The third-order valence-electron chi connectivity index (χ3n) is 7.42. The van der Waals surface area contributed by atoms with Gasteiger partial charge in [-0.05, 0) is 32.1 Å². The molecule has 0 aromatic heterocycles. The summed E-state index contributed by atoms with van der Waals surface area (Å²) in [5.74, 6) is -0.857. The molecular weight excluding hydrogens is 372 g/mol. The molecule has 5 atom stereocenters. The lowest BCUT2D eigenvalue weighted by Gasteiger charge is -2.35. The SMILES string of the molecule is CCCCCO[C@H]1[C@H]([C@@H]2COC3(CCCCC3)O2)O[C@H]2OC3(CCCCC3)O[C@@H]21. The first-order valence-electron chi connectivity index (χ1n) is 12.2. The molecule has 0 aromatic carbocycles. The maximum atomic E-state index is 6.54. The lowest BCUT2D eigenvalue weighted by molar-refractivity contribution is -0.262. The summed E-state index contributed by atoms with van der Waals surface area (Å²) in [6.07, 6.45) is 13.6. The van der Waals surface area contributed by atoms with Crippen molar-refractivity contribution in [1.82, 2.24) is 0 Å². The van der Waals surface area contributed by atoms with Crippen molar-refractivity contribution < 1.29 is 28.4 Å². The summed E-state index contributed by atoms with van der Waals surface area (Å²) < 4.78 is 38.4. The summed E-state index contributed by atoms with van der Waals surface area (Å²) in [5.41, 5.74) is 0. The van der Waals surface area contributed by atoms with Crippen LogP contribution in [-0.2, 0) is 28.4 Å². The average molecular weight is 411 g/mol. The topological polar surface area (TPSA) is 55.4 Å². The molecular formula is C23H38O6. The van der Waals surface area contributed by atoms with Crippen LogP contribution in [0.25, 0.3) is 0 Å².